The molecule has 0 heterocycles. The minimum Gasteiger partial charge on any atom is -0.496 e. The maximum absolute atomic E-state index is 13.0. The van der Waals surface area contributed by atoms with E-state index in [1.165, 1.54) is 0 Å². The molecule has 3 heteroatoms. The van der Waals surface area contributed by atoms with Crippen molar-refractivity contribution in [3.8, 4) is 5.75 Å². The first-order valence-electron chi connectivity index (χ1n) is 8.14. The molecule has 1 aliphatic rings. The van der Waals surface area contributed by atoms with Crippen molar-refractivity contribution in [1.82, 2.24) is 0 Å². The molecule has 3 rings (SSSR count). The SMILES string of the molecule is CC/C=C/Cc1c(C)cc2c(c1OC)C(=O)c1ccccc1C2=O. The van der Waals surface area contributed by atoms with Crippen molar-refractivity contribution in [3.05, 3.63) is 75.9 Å². The van der Waals surface area contributed by atoms with Crippen LogP contribution in [0.25, 0.3) is 0 Å². The van der Waals surface area contributed by atoms with Crippen molar-refractivity contribution in [2.24, 2.45) is 0 Å². The number of rotatable bonds is 4. The van der Waals surface area contributed by atoms with Crippen LogP contribution in [0.4, 0.5) is 0 Å². The molecule has 0 saturated heterocycles. The van der Waals surface area contributed by atoms with Crippen LogP contribution in [0.2, 0.25) is 0 Å². The second kappa shape index (κ2) is 6.44. The number of carbonyl (C=O) groups excluding carboxylic acids is 2. The molecular weight excluding hydrogens is 300 g/mol. The number of allylic oxidation sites excluding steroid dienone is 2. The Kier molecular flexibility index (Phi) is 4.34. The quantitative estimate of drug-likeness (QED) is 0.674. The highest BCUT2D eigenvalue weighted by Gasteiger charge is 2.33. The van der Waals surface area contributed by atoms with Crippen LogP contribution in [0.15, 0.2) is 42.5 Å². The third-order valence-corrected chi connectivity index (χ3v) is 4.42. The van der Waals surface area contributed by atoms with Crippen LogP contribution in [0, 0.1) is 6.92 Å². The smallest absolute Gasteiger partial charge is 0.198 e. The molecule has 0 saturated carbocycles. The molecule has 0 radical (unpaired) electrons. The maximum atomic E-state index is 13.0. The fourth-order valence-electron chi connectivity index (χ4n) is 3.24. The van der Waals surface area contributed by atoms with E-state index in [-0.39, 0.29) is 11.6 Å². The zero-order valence-electron chi connectivity index (χ0n) is 14.2. The van der Waals surface area contributed by atoms with E-state index in [9.17, 15) is 9.59 Å². The molecule has 122 valence electrons. The Labute approximate surface area is 142 Å². The van der Waals surface area contributed by atoms with Crippen molar-refractivity contribution in [1.29, 1.82) is 0 Å². The van der Waals surface area contributed by atoms with Crippen LogP contribution in [0.3, 0.4) is 0 Å². The number of methoxy groups -OCH3 is 1. The molecule has 0 unspecified atom stereocenters. The number of hydrogen-bond acceptors (Lipinski definition) is 3. The number of ether oxygens (including phenoxy) is 1. The third kappa shape index (κ3) is 2.46. The lowest BCUT2D eigenvalue weighted by molar-refractivity contribution is 0.0976. The van der Waals surface area contributed by atoms with E-state index in [4.69, 9.17) is 4.74 Å². The summed E-state index contributed by atoms with van der Waals surface area (Å²) in [7, 11) is 1.56. The second-order valence-electron chi connectivity index (χ2n) is 5.92. The number of hydrogen-bond donors (Lipinski definition) is 0. The van der Waals surface area contributed by atoms with Gasteiger partial charge in [-0.1, -0.05) is 43.3 Å². The minimum absolute atomic E-state index is 0.114. The molecule has 0 aliphatic heterocycles. The Bertz CT molecular complexity index is 860. The van der Waals surface area contributed by atoms with Gasteiger partial charge in [0.1, 0.15) is 5.75 Å². The number of benzene rings is 2. The molecule has 0 bridgehead atoms. The van der Waals surface area contributed by atoms with E-state index < -0.39 is 0 Å². The van der Waals surface area contributed by atoms with Crippen LogP contribution in [0.5, 0.6) is 5.75 Å². The molecule has 0 aromatic heterocycles. The summed E-state index contributed by atoms with van der Waals surface area (Å²) in [6, 6.07) is 8.79. The van der Waals surface area contributed by atoms with E-state index in [0.717, 1.165) is 17.5 Å². The molecule has 2 aromatic carbocycles. The Morgan fingerprint density at radius 1 is 1.00 bits per heavy atom. The van der Waals surface area contributed by atoms with Gasteiger partial charge in [0.2, 0.25) is 0 Å². The number of aryl methyl sites for hydroxylation is 1. The van der Waals surface area contributed by atoms with Crippen molar-refractivity contribution in [2.45, 2.75) is 26.7 Å². The average molecular weight is 320 g/mol. The minimum atomic E-state index is -0.141. The largest absolute Gasteiger partial charge is 0.496 e. The summed E-state index contributed by atoms with van der Waals surface area (Å²) < 4.78 is 5.58. The first-order chi connectivity index (χ1) is 11.6. The van der Waals surface area contributed by atoms with Crippen molar-refractivity contribution < 1.29 is 14.3 Å². The molecule has 0 fully saturated rings. The zero-order valence-corrected chi connectivity index (χ0v) is 14.2. The lowest BCUT2D eigenvalue weighted by atomic mass is 9.81. The number of carbonyl (C=O) groups is 2. The van der Waals surface area contributed by atoms with Gasteiger partial charge in [-0.3, -0.25) is 9.59 Å². The molecule has 0 N–H and O–H groups in total. The van der Waals surface area contributed by atoms with Gasteiger partial charge in [0.15, 0.2) is 11.6 Å². The topological polar surface area (TPSA) is 43.4 Å². The van der Waals surface area contributed by atoms with Crippen LogP contribution < -0.4 is 4.74 Å². The molecule has 24 heavy (non-hydrogen) atoms. The standard InChI is InChI=1S/C21H20O3/c1-4-5-6-9-14-13(2)12-17-18(21(14)24-3)20(23)16-11-8-7-10-15(16)19(17)22/h5-8,10-12H,4,9H2,1-3H3/b6-5+. The lowest BCUT2D eigenvalue weighted by Gasteiger charge is -2.22. The fourth-order valence-corrected chi connectivity index (χ4v) is 3.24. The van der Waals surface area contributed by atoms with Gasteiger partial charge in [-0.25, -0.2) is 0 Å². The van der Waals surface area contributed by atoms with E-state index in [1.54, 1.807) is 31.4 Å². The van der Waals surface area contributed by atoms with Gasteiger partial charge in [-0.15, -0.1) is 0 Å². The highest BCUT2D eigenvalue weighted by Crippen LogP contribution is 2.37. The monoisotopic (exact) mass is 320 g/mol. The molecule has 2 aromatic rings. The lowest BCUT2D eigenvalue weighted by Crippen LogP contribution is -2.22. The summed E-state index contributed by atoms with van der Waals surface area (Å²) in [6.07, 6.45) is 5.79. The Morgan fingerprint density at radius 3 is 2.29 bits per heavy atom. The summed E-state index contributed by atoms with van der Waals surface area (Å²) in [5.74, 6) is 0.272. The van der Waals surface area contributed by atoms with Crippen LogP contribution >= 0.6 is 0 Å². The molecular formula is C21H20O3. The molecule has 3 nitrogen and oxygen atoms in total. The fraction of sp³-hybridized carbons (Fsp3) is 0.238. The first-order valence-corrected chi connectivity index (χ1v) is 8.14. The van der Waals surface area contributed by atoms with Gasteiger partial charge in [0.05, 0.1) is 12.7 Å². The van der Waals surface area contributed by atoms with Crippen molar-refractivity contribution in [2.75, 3.05) is 7.11 Å². The van der Waals surface area contributed by atoms with Gasteiger partial charge < -0.3 is 4.74 Å². The van der Waals surface area contributed by atoms with Crippen molar-refractivity contribution in [3.63, 3.8) is 0 Å². The zero-order chi connectivity index (χ0) is 17.3. The molecule has 0 spiro atoms. The predicted octanol–water partition coefficient (Wildman–Crippen LogP) is 4.29. The maximum Gasteiger partial charge on any atom is 0.198 e. The van der Waals surface area contributed by atoms with Crippen LogP contribution in [-0.4, -0.2) is 18.7 Å². The van der Waals surface area contributed by atoms with Crippen LogP contribution in [0.1, 0.15) is 56.3 Å². The third-order valence-electron chi connectivity index (χ3n) is 4.42. The number of ketones is 2. The Hall–Kier alpha value is -2.68. The first kappa shape index (κ1) is 16.2. The highest BCUT2D eigenvalue weighted by atomic mass is 16.5. The summed E-state index contributed by atoms with van der Waals surface area (Å²) in [6.45, 7) is 4.03. The average Bonchev–Trinajstić information content (AvgIpc) is 2.60. The molecule has 1 aliphatic carbocycles. The Morgan fingerprint density at radius 2 is 1.67 bits per heavy atom. The van der Waals surface area contributed by atoms with Gasteiger partial charge in [0.25, 0.3) is 0 Å². The van der Waals surface area contributed by atoms with E-state index in [1.807, 2.05) is 13.0 Å². The molecule has 0 atom stereocenters. The van der Waals surface area contributed by atoms with E-state index in [2.05, 4.69) is 19.1 Å². The van der Waals surface area contributed by atoms with Gasteiger partial charge in [0, 0.05) is 22.3 Å². The van der Waals surface area contributed by atoms with Crippen molar-refractivity contribution >= 4 is 11.6 Å². The Balaban J connectivity index is 2.23. The summed E-state index contributed by atoms with van der Waals surface area (Å²) >= 11 is 0. The predicted molar refractivity (Wildman–Crippen MR) is 94.2 cm³/mol. The highest BCUT2D eigenvalue weighted by molar-refractivity contribution is 6.29. The number of fused-ring (bicyclic) bond motifs is 2. The summed E-state index contributed by atoms with van der Waals surface area (Å²) in [5.41, 5.74) is 3.68. The van der Waals surface area contributed by atoms with Gasteiger partial charge in [-0.2, -0.15) is 0 Å². The van der Waals surface area contributed by atoms with E-state index >= 15 is 0 Å². The molecule has 0 amide bonds. The van der Waals surface area contributed by atoms with Gasteiger partial charge in [-0.05, 0) is 31.4 Å². The van der Waals surface area contributed by atoms with E-state index in [0.29, 0.717) is 34.4 Å². The van der Waals surface area contributed by atoms with Crippen LogP contribution in [-0.2, 0) is 6.42 Å². The summed E-state index contributed by atoms with van der Waals surface area (Å²) in [5, 5.41) is 0. The normalized spacial score (nSPS) is 13.1. The second-order valence-corrected chi connectivity index (χ2v) is 5.92. The summed E-state index contributed by atoms with van der Waals surface area (Å²) in [4.78, 5) is 25.8. The van der Waals surface area contributed by atoms with Gasteiger partial charge >= 0.3 is 0 Å².